The van der Waals surface area contributed by atoms with Gasteiger partial charge in [0.25, 0.3) is 0 Å². The van der Waals surface area contributed by atoms with Crippen molar-refractivity contribution in [1.29, 1.82) is 0 Å². The number of ether oxygens (including phenoxy) is 1. The maximum Gasteiger partial charge on any atom is 0.229 e. The minimum Gasteiger partial charge on any atom is -0.497 e. The first-order valence-electron chi connectivity index (χ1n) is 8.83. The summed E-state index contributed by atoms with van der Waals surface area (Å²) in [7, 11) is 1.64. The minimum atomic E-state index is -0.298. The van der Waals surface area contributed by atoms with E-state index in [1.165, 1.54) is 0 Å². The van der Waals surface area contributed by atoms with Gasteiger partial charge in [0.05, 0.1) is 13.0 Å². The van der Waals surface area contributed by atoms with Crippen molar-refractivity contribution >= 4 is 17.5 Å². The fourth-order valence-corrected chi connectivity index (χ4v) is 3.22. The number of nitrogens with zero attached hydrogens (tertiary/aromatic N) is 1. The van der Waals surface area contributed by atoms with Crippen molar-refractivity contribution in [2.45, 2.75) is 19.8 Å². The summed E-state index contributed by atoms with van der Waals surface area (Å²) < 4.78 is 5.23. The van der Waals surface area contributed by atoms with Gasteiger partial charge in [-0.1, -0.05) is 24.3 Å². The summed E-state index contributed by atoms with van der Waals surface area (Å²) in [4.78, 5) is 26.5. The zero-order chi connectivity index (χ0) is 18.5. The topological polar surface area (TPSA) is 58.6 Å². The highest BCUT2D eigenvalue weighted by Gasteiger charge is 2.34. The number of anilines is 1. The number of hydrogen-bond donors (Lipinski definition) is 1. The van der Waals surface area contributed by atoms with E-state index in [2.05, 4.69) is 5.32 Å². The lowest BCUT2D eigenvalue weighted by Crippen LogP contribution is -2.30. The summed E-state index contributed by atoms with van der Waals surface area (Å²) in [6.07, 6.45) is 1.02. The van der Waals surface area contributed by atoms with E-state index in [0.29, 0.717) is 13.1 Å². The maximum atomic E-state index is 12.5. The first-order chi connectivity index (χ1) is 12.5. The number of nitrogens with one attached hydrogen (secondary N) is 1. The molecule has 2 aromatic rings. The maximum absolute atomic E-state index is 12.5. The van der Waals surface area contributed by atoms with Crippen molar-refractivity contribution in [2.24, 2.45) is 5.92 Å². The summed E-state index contributed by atoms with van der Waals surface area (Å²) in [5, 5.41) is 2.92. The molecule has 1 unspecified atom stereocenters. The van der Waals surface area contributed by atoms with Crippen LogP contribution < -0.4 is 10.1 Å². The van der Waals surface area contributed by atoms with Gasteiger partial charge in [0.1, 0.15) is 5.75 Å². The smallest absolute Gasteiger partial charge is 0.229 e. The summed E-state index contributed by atoms with van der Waals surface area (Å²) >= 11 is 0. The number of likely N-dealkylation sites (tertiary alicyclic amines) is 1. The van der Waals surface area contributed by atoms with E-state index in [9.17, 15) is 9.59 Å². The lowest BCUT2D eigenvalue weighted by Gasteiger charge is -2.17. The van der Waals surface area contributed by atoms with Crippen LogP contribution in [0.5, 0.6) is 5.75 Å². The highest BCUT2D eigenvalue weighted by molar-refractivity contribution is 5.97. The van der Waals surface area contributed by atoms with Crippen LogP contribution in [-0.2, 0) is 16.0 Å². The molecule has 0 saturated carbocycles. The molecule has 1 aliphatic heterocycles. The third-order valence-electron chi connectivity index (χ3n) is 4.68. The van der Waals surface area contributed by atoms with Crippen LogP contribution in [0.1, 0.15) is 17.5 Å². The van der Waals surface area contributed by atoms with Crippen molar-refractivity contribution < 1.29 is 14.3 Å². The average molecular weight is 352 g/mol. The molecule has 2 amide bonds. The van der Waals surface area contributed by atoms with Gasteiger partial charge >= 0.3 is 0 Å². The van der Waals surface area contributed by atoms with Gasteiger partial charge in [-0.15, -0.1) is 0 Å². The zero-order valence-corrected chi connectivity index (χ0v) is 15.2. The first-order valence-corrected chi connectivity index (χ1v) is 8.83. The summed E-state index contributed by atoms with van der Waals surface area (Å²) in [6, 6.07) is 15.5. The fourth-order valence-electron chi connectivity index (χ4n) is 3.22. The van der Waals surface area contributed by atoms with Gasteiger partial charge in [0, 0.05) is 25.2 Å². The molecule has 2 aromatic carbocycles. The number of methoxy groups -OCH3 is 1. The van der Waals surface area contributed by atoms with Crippen LogP contribution in [0.4, 0.5) is 5.69 Å². The Hall–Kier alpha value is -2.82. The van der Waals surface area contributed by atoms with Gasteiger partial charge < -0.3 is 15.0 Å². The van der Waals surface area contributed by atoms with E-state index in [0.717, 1.165) is 29.0 Å². The normalized spacial score (nSPS) is 16.6. The molecule has 1 fully saturated rings. The largest absolute Gasteiger partial charge is 0.497 e. The fraction of sp³-hybridized carbons (Fsp3) is 0.333. The van der Waals surface area contributed by atoms with Crippen molar-refractivity contribution in [3.05, 3.63) is 59.7 Å². The second kappa shape index (κ2) is 8.04. The van der Waals surface area contributed by atoms with E-state index in [-0.39, 0.29) is 24.2 Å². The lowest BCUT2D eigenvalue weighted by atomic mass is 10.1. The highest BCUT2D eigenvalue weighted by atomic mass is 16.5. The molecule has 0 spiro atoms. The molecule has 1 atom stereocenters. The monoisotopic (exact) mass is 352 g/mol. The Bertz CT molecular complexity index is 803. The molecule has 0 bridgehead atoms. The number of rotatable bonds is 6. The summed E-state index contributed by atoms with van der Waals surface area (Å²) in [6.45, 7) is 3.07. The van der Waals surface area contributed by atoms with Crippen LogP contribution in [-0.4, -0.2) is 36.9 Å². The Morgan fingerprint density at radius 2 is 2.04 bits per heavy atom. The van der Waals surface area contributed by atoms with Gasteiger partial charge in [-0.25, -0.2) is 0 Å². The quantitative estimate of drug-likeness (QED) is 0.869. The molecule has 1 N–H and O–H groups in total. The minimum absolute atomic E-state index is 0.0392. The van der Waals surface area contributed by atoms with Crippen LogP contribution in [0.25, 0.3) is 0 Å². The SMILES string of the molecule is COc1cccc(CCN2CC(C(=O)Nc3cccc(C)c3)CC2=O)c1. The molecule has 3 rings (SSSR count). The molecule has 26 heavy (non-hydrogen) atoms. The highest BCUT2D eigenvalue weighted by Crippen LogP contribution is 2.21. The van der Waals surface area contributed by atoms with Gasteiger partial charge in [-0.3, -0.25) is 9.59 Å². The predicted octanol–water partition coefficient (Wildman–Crippen LogP) is 3.03. The molecule has 5 heteroatoms. The Balaban J connectivity index is 1.55. The van der Waals surface area contributed by atoms with Crippen molar-refractivity contribution in [1.82, 2.24) is 4.90 Å². The molecule has 1 aliphatic rings. The molecule has 0 aliphatic carbocycles. The Morgan fingerprint density at radius 3 is 2.81 bits per heavy atom. The molecule has 1 saturated heterocycles. The van der Waals surface area contributed by atoms with Crippen molar-refractivity contribution in [3.8, 4) is 5.75 Å². The molecule has 0 aromatic heterocycles. The number of benzene rings is 2. The molecular weight excluding hydrogens is 328 g/mol. The number of amides is 2. The van der Waals surface area contributed by atoms with Crippen molar-refractivity contribution in [2.75, 3.05) is 25.5 Å². The van der Waals surface area contributed by atoms with Crippen LogP contribution in [0, 0.1) is 12.8 Å². The second-order valence-electron chi connectivity index (χ2n) is 6.70. The third-order valence-corrected chi connectivity index (χ3v) is 4.68. The lowest BCUT2D eigenvalue weighted by molar-refractivity contribution is -0.128. The summed E-state index contributed by atoms with van der Waals surface area (Å²) in [5.41, 5.74) is 2.98. The van der Waals surface area contributed by atoms with Gasteiger partial charge in [0.15, 0.2) is 0 Å². The molecule has 136 valence electrons. The number of carbonyl (C=O) groups is 2. The van der Waals surface area contributed by atoms with Crippen LogP contribution in [0.15, 0.2) is 48.5 Å². The van der Waals surface area contributed by atoms with E-state index in [4.69, 9.17) is 4.74 Å². The van der Waals surface area contributed by atoms with Gasteiger partial charge in [0.2, 0.25) is 11.8 Å². The molecule has 1 heterocycles. The van der Waals surface area contributed by atoms with E-state index in [1.807, 2.05) is 55.5 Å². The van der Waals surface area contributed by atoms with E-state index >= 15 is 0 Å². The molecule has 5 nitrogen and oxygen atoms in total. The standard InChI is InChI=1S/C21H24N2O3/c1-15-5-3-7-18(11-15)22-21(25)17-13-20(24)23(14-17)10-9-16-6-4-8-19(12-16)26-2/h3-8,11-12,17H,9-10,13-14H2,1-2H3,(H,22,25). The van der Waals surface area contributed by atoms with Crippen LogP contribution in [0.2, 0.25) is 0 Å². The second-order valence-corrected chi connectivity index (χ2v) is 6.70. The Labute approximate surface area is 154 Å². The Morgan fingerprint density at radius 1 is 1.23 bits per heavy atom. The van der Waals surface area contributed by atoms with Crippen LogP contribution in [0.3, 0.4) is 0 Å². The van der Waals surface area contributed by atoms with E-state index < -0.39 is 0 Å². The van der Waals surface area contributed by atoms with E-state index in [1.54, 1.807) is 12.0 Å². The molecular formula is C21H24N2O3. The van der Waals surface area contributed by atoms with Crippen molar-refractivity contribution in [3.63, 3.8) is 0 Å². The first kappa shape index (κ1) is 18.0. The van der Waals surface area contributed by atoms with Gasteiger partial charge in [-0.2, -0.15) is 0 Å². The average Bonchev–Trinajstić information content (AvgIpc) is 3.01. The zero-order valence-electron chi connectivity index (χ0n) is 15.2. The van der Waals surface area contributed by atoms with Crippen LogP contribution >= 0.6 is 0 Å². The number of hydrogen-bond acceptors (Lipinski definition) is 3. The predicted molar refractivity (Wildman–Crippen MR) is 101 cm³/mol. The molecule has 0 radical (unpaired) electrons. The Kier molecular flexibility index (Phi) is 5.56. The third kappa shape index (κ3) is 4.42. The summed E-state index contributed by atoms with van der Waals surface area (Å²) in [5.74, 6) is 0.462. The van der Waals surface area contributed by atoms with Gasteiger partial charge in [-0.05, 0) is 48.7 Å². The number of aryl methyl sites for hydroxylation is 1. The number of carbonyl (C=O) groups excluding carboxylic acids is 2.